The average Bonchev–Trinajstić information content (AvgIpc) is 2.28. The Hall–Kier alpha value is -0.660. The van der Waals surface area contributed by atoms with Crippen molar-refractivity contribution in [2.45, 2.75) is 26.7 Å². The molecule has 0 saturated carbocycles. The fourth-order valence-electron chi connectivity index (χ4n) is 1.31. The molecule has 0 aromatic heterocycles. The van der Waals surface area contributed by atoms with Crippen molar-refractivity contribution < 1.29 is 9.59 Å². The van der Waals surface area contributed by atoms with Gasteiger partial charge in [-0.25, -0.2) is 0 Å². The lowest BCUT2D eigenvalue weighted by atomic mass is 10.3. The van der Waals surface area contributed by atoms with E-state index in [1.165, 1.54) is 13.8 Å². The molecule has 0 unspecified atom stereocenters. The third-order valence-corrected chi connectivity index (χ3v) is 4.16. The maximum Gasteiger partial charge on any atom is 0.190 e. The number of nitrogens with zero attached hydrogens (tertiary/aromatic N) is 2. The molecule has 0 atom stereocenters. The maximum absolute atomic E-state index is 11.3. The number of nitroso groups, excluding NO2 is 1. The summed E-state index contributed by atoms with van der Waals surface area (Å²) in [7, 11) is 3.89. The van der Waals surface area contributed by atoms with E-state index < -0.39 is 0 Å². The summed E-state index contributed by atoms with van der Waals surface area (Å²) in [5.74, 6) is 0. The standard InChI is InChI=1S/C12H20N2O3S2/c1-9(15)18-11(5-7-13-17)12(19-10(2)16)6-8-14(3)4/h5-8H2,1-4H3/b12-11+. The summed E-state index contributed by atoms with van der Waals surface area (Å²) in [5, 5.41) is 2.76. The van der Waals surface area contributed by atoms with Crippen molar-refractivity contribution in [2.75, 3.05) is 27.2 Å². The van der Waals surface area contributed by atoms with Crippen LogP contribution in [0.2, 0.25) is 0 Å². The van der Waals surface area contributed by atoms with Crippen LogP contribution in [0.3, 0.4) is 0 Å². The Bertz CT molecular complexity index is 368. The second-order valence-electron chi connectivity index (χ2n) is 4.19. The smallest absolute Gasteiger partial charge is 0.190 e. The lowest BCUT2D eigenvalue weighted by Gasteiger charge is -2.14. The first-order valence-corrected chi connectivity index (χ1v) is 7.52. The first-order valence-electron chi connectivity index (χ1n) is 5.89. The summed E-state index contributed by atoms with van der Waals surface area (Å²) in [6.07, 6.45) is 1.10. The van der Waals surface area contributed by atoms with Crippen molar-refractivity contribution in [3.05, 3.63) is 14.7 Å². The van der Waals surface area contributed by atoms with Gasteiger partial charge in [-0.15, -0.1) is 0 Å². The molecular formula is C12H20N2O3S2. The van der Waals surface area contributed by atoms with Gasteiger partial charge in [0.2, 0.25) is 0 Å². The highest BCUT2D eigenvalue weighted by atomic mass is 32.2. The van der Waals surface area contributed by atoms with Crippen LogP contribution in [0.25, 0.3) is 0 Å². The van der Waals surface area contributed by atoms with E-state index in [2.05, 4.69) is 5.18 Å². The first-order chi connectivity index (χ1) is 8.86. The topological polar surface area (TPSA) is 66.8 Å². The summed E-state index contributed by atoms with van der Waals surface area (Å²) in [5.41, 5.74) is 0. The molecule has 0 N–H and O–H groups in total. The largest absolute Gasteiger partial charge is 0.309 e. The molecule has 0 aliphatic carbocycles. The fraction of sp³-hybridized carbons (Fsp3) is 0.667. The zero-order valence-electron chi connectivity index (χ0n) is 11.8. The van der Waals surface area contributed by atoms with Crippen LogP contribution in [0.5, 0.6) is 0 Å². The summed E-state index contributed by atoms with van der Waals surface area (Å²) in [6.45, 7) is 3.88. The van der Waals surface area contributed by atoms with Crippen LogP contribution >= 0.6 is 23.5 Å². The molecule has 0 aromatic rings. The van der Waals surface area contributed by atoms with Crippen molar-refractivity contribution in [1.29, 1.82) is 0 Å². The summed E-state index contributed by atoms with van der Waals surface area (Å²) >= 11 is 2.23. The molecule has 0 rings (SSSR count). The van der Waals surface area contributed by atoms with Gasteiger partial charge < -0.3 is 4.90 Å². The Kier molecular flexibility index (Phi) is 9.81. The fourth-order valence-corrected chi connectivity index (χ4v) is 3.08. The van der Waals surface area contributed by atoms with E-state index in [0.717, 1.165) is 39.9 Å². The van der Waals surface area contributed by atoms with Gasteiger partial charge in [0.1, 0.15) is 0 Å². The van der Waals surface area contributed by atoms with E-state index in [1.54, 1.807) is 0 Å². The zero-order chi connectivity index (χ0) is 14.8. The number of hydrogen-bond donors (Lipinski definition) is 0. The molecule has 0 heterocycles. The second kappa shape index (κ2) is 10.2. The predicted molar refractivity (Wildman–Crippen MR) is 82.0 cm³/mol. The van der Waals surface area contributed by atoms with E-state index in [9.17, 15) is 14.5 Å². The van der Waals surface area contributed by atoms with E-state index >= 15 is 0 Å². The third-order valence-electron chi connectivity index (χ3n) is 2.06. The van der Waals surface area contributed by atoms with Crippen LogP contribution in [0.15, 0.2) is 15.0 Å². The lowest BCUT2D eigenvalue weighted by Crippen LogP contribution is -2.13. The molecule has 7 heteroatoms. The van der Waals surface area contributed by atoms with Gasteiger partial charge in [-0.05, 0) is 20.5 Å². The maximum atomic E-state index is 11.3. The van der Waals surface area contributed by atoms with Gasteiger partial charge in [0.15, 0.2) is 10.2 Å². The summed E-state index contributed by atoms with van der Waals surface area (Å²) < 4.78 is 0. The molecule has 0 spiro atoms. The predicted octanol–water partition coefficient (Wildman–Crippen LogP) is 2.87. The molecule has 19 heavy (non-hydrogen) atoms. The minimum atomic E-state index is -0.0487. The van der Waals surface area contributed by atoms with E-state index in [1.807, 2.05) is 19.0 Å². The van der Waals surface area contributed by atoms with Crippen LogP contribution in [-0.2, 0) is 9.59 Å². The first kappa shape index (κ1) is 18.3. The Labute approximate surface area is 122 Å². The lowest BCUT2D eigenvalue weighted by molar-refractivity contribution is -0.109. The minimum absolute atomic E-state index is 0.0190. The molecule has 0 radical (unpaired) electrons. The van der Waals surface area contributed by atoms with Gasteiger partial charge in [-0.2, -0.15) is 4.91 Å². The molecule has 5 nitrogen and oxygen atoms in total. The summed E-state index contributed by atoms with van der Waals surface area (Å²) in [6, 6.07) is 0. The number of rotatable bonds is 8. The number of carbonyl (C=O) groups is 2. The Morgan fingerprint density at radius 3 is 1.84 bits per heavy atom. The van der Waals surface area contributed by atoms with Gasteiger partial charge in [0.25, 0.3) is 0 Å². The van der Waals surface area contributed by atoms with Crippen LogP contribution in [0.4, 0.5) is 0 Å². The Morgan fingerprint density at radius 1 is 1.00 bits per heavy atom. The van der Waals surface area contributed by atoms with Gasteiger partial charge in [0.05, 0.1) is 6.54 Å². The monoisotopic (exact) mass is 304 g/mol. The SMILES string of the molecule is CC(=O)S/C(CCN=O)=C(\CCN(C)C)SC(C)=O. The molecule has 0 aliphatic rings. The number of hydrogen-bond acceptors (Lipinski definition) is 7. The van der Waals surface area contributed by atoms with Gasteiger partial charge in [0, 0.05) is 36.6 Å². The van der Waals surface area contributed by atoms with Crippen molar-refractivity contribution in [2.24, 2.45) is 5.18 Å². The van der Waals surface area contributed by atoms with E-state index in [-0.39, 0.29) is 16.8 Å². The van der Waals surface area contributed by atoms with Gasteiger partial charge in [-0.3, -0.25) is 9.59 Å². The number of carbonyl (C=O) groups excluding carboxylic acids is 2. The van der Waals surface area contributed by atoms with Crippen LogP contribution < -0.4 is 0 Å². The molecule has 0 amide bonds. The van der Waals surface area contributed by atoms with Crippen LogP contribution in [0.1, 0.15) is 26.7 Å². The molecule has 0 aliphatic heterocycles. The summed E-state index contributed by atoms with van der Waals surface area (Å²) in [4.78, 5) is 36.5. The van der Waals surface area contributed by atoms with Gasteiger partial charge in [-0.1, -0.05) is 28.7 Å². The third kappa shape index (κ3) is 9.86. The molecule has 0 fully saturated rings. The molecular weight excluding hydrogens is 284 g/mol. The highest BCUT2D eigenvalue weighted by Gasteiger charge is 2.13. The van der Waals surface area contributed by atoms with Gasteiger partial charge >= 0.3 is 0 Å². The number of thioether (sulfide) groups is 2. The van der Waals surface area contributed by atoms with Crippen molar-refractivity contribution in [3.8, 4) is 0 Å². The average molecular weight is 304 g/mol. The van der Waals surface area contributed by atoms with Crippen molar-refractivity contribution in [3.63, 3.8) is 0 Å². The molecule has 0 saturated heterocycles. The Morgan fingerprint density at radius 2 is 1.47 bits per heavy atom. The van der Waals surface area contributed by atoms with Crippen LogP contribution in [0, 0.1) is 4.91 Å². The highest BCUT2D eigenvalue weighted by molar-refractivity contribution is 8.20. The minimum Gasteiger partial charge on any atom is -0.309 e. The van der Waals surface area contributed by atoms with E-state index in [0.29, 0.717) is 12.8 Å². The second-order valence-corrected chi connectivity index (χ2v) is 6.73. The zero-order valence-corrected chi connectivity index (χ0v) is 13.4. The Balaban J connectivity index is 5.06. The normalized spacial score (nSPS) is 12.3. The van der Waals surface area contributed by atoms with E-state index in [4.69, 9.17) is 0 Å². The van der Waals surface area contributed by atoms with Crippen LogP contribution in [-0.4, -0.2) is 42.3 Å². The molecule has 0 bridgehead atoms. The molecule has 108 valence electrons. The molecule has 0 aromatic carbocycles. The quantitative estimate of drug-likeness (QED) is 0.642. The van der Waals surface area contributed by atoms with Crippen molar-refractivity contribution in [1.82, 2.24) is 4.90 Å². The highest BCUT2D eigenvalue weighted by Crippen LogP contribution is 2.33. The van der Waals surface area contributed by atoms with Crippen molar-refractivity contribution >= 4 is 33.8 Å².